The first kappa shape index (κ1) is 17.4. The summed E-state index contributed by atoms with van der Waals surface area (Å²) < 4.78 is 10.5. The minimum Gasteiger partial charge on any atom is -0.493 e. The van der Waals surface area contributed by atoms with Crippen LogP contribution < -0.4 is 20.1 Å². The highest BCUT2D eigenvalue weighted by Crippen LogP contribution is 2.27. The van der Waals surface area contributed by atoms with E-state index in [2.05, 4.69) is 17.6 Å². The molecule has 1 aromatic rings. The lowest BCUT2D eigenvalue weighted by Gasteiger charge is -2.26. The Labute approximate surface area is 138 Å². The lowest BCUT2D eigenvalue weighted by Crippen LogP contribution is -2.44. The van der Waals surface area contributed by atoms with E-state index < -0.39 is 0 Å². The Balaban J connectivity index is 1.73. The third kappa shape index (κ3) is 5.34. The number of carbonyl (C=O) groups excluding carboxylic acids is 1. The Morgan fingerprint density at radius 2 is 1.83 bits per heavy atom. The maximum absolute atomic E-state index is 11.9. The number of nitrogens with one attached hydrogen (secondary N) is 2. The van der Waals surface area contributed by atoms with Crippen LogP contribution >= 0.6 is 0 Å². The van der Waals surface area contributed by atoms with E-state index in [1.807, 2.05) is 18.2 Å². The van der Waals surface area contributed by atoms with Gasteiger partial charge in [0.25, 0.3) is 0 Å². The van der Waals surface area contributed by atoms with Crippen LogP contribution in [0.25, 0.3) is 0 Å². The van der Waals surface area contributed by atoms with Crippen LogP contribution in [0, 0.1) is 5.92 Å². The van der Waals surface area contributed by atoms with Crippen molar-refractivity contribution in [1.29, 1.82) is 0 Å². The summed E-state index contributed by atoms with van der Waals surface area (Å²) in [6, 6.07) is 6.08. The molecule has 1 aromatic carbocycles. The van der Waals surface area contributed by atoms with Gasteiger partial charge >= 0.3 is 6.03 Å². The SMILES string of the molecule is COc1ccc(CCNC(=O)NC2CCC(C)CC2)cc1OC. The molecule has 5 heteroatoms. The van der Waals surface area contributed by atoms with Crippen molar-refractivity contribution in [2.45, 2.75) is 45.1 Å². The number of rotatable bonds is 6. The van der Waals surface area contributed by atoms with Crippen molar-refractivity contribution in [3.63, 3.8) is 0 Å². The Morgan fingerprint density at radius 3 is 2.48 bits per heavy atom. The summed E-state index contributed by atoms with van der Waals surface area (Å²) in [5.74, 6) is 2.22. The molecule has 0 aromatic heterocycles. The van der Waals surface area contributed by atoms with Gasteiger partial charge in [-0.2, -0.15) is 0 Å². The van der Waals surface area contributed by atoms with Gasteiger partial charge in [-0.1, -0.05) is 13.0 Å². The molecule has 0 spiro atoms. The topological polar surface area (TPSA) is 59.6 Å². The van der Waals surface area contributed by atoms with E-state index in [0.29, 0.717) is 24.1 Å². The van der Waals surface area contributed by atoms with Gasteiger partial charge in [-0.3, -0.25) is 0 Å². The van der Waals surface area contributed by atoms with Crippen LogP contribution in [0.4, 0.5) is 4.79 Å². The smallest absolute Gasteiger partial charge is 0.315 e. The van der Waals surface area contributed by atoms with Crippen molar-refractivity contribution in [2.24, 2.45) is 5.92 Å². The van der Waals surface area contributed by atoms with Gasteiger partial charge in [-0.05, 0) is 55.7 Å². The molecule has 0 radical (unpaired) electrons. The molecule has 128 valence electrons. The van der Waals surface area contributed by atoms with Gasteiger partial charge < -0.3 is 20.1 Å². The summed E-state index contributed by atoms with van der Waals surface area (Å²) in [6.07, 6.45) is 5.34. The van der Waals surface area contributed by atoms with Gasteiger partial charge in [-0.25, -0.2) is 4.79 Å². The number of methoxy groups -OCH3 is 2. The van der Waals surface area contributed by atoms with E-state index in [0.717, 1.165) is 30.7 Å². The highest BCUT2D eigenvalue weighted by atomic mass is 16.5. The first-order valence-corrected chi connectivity index (χ1v) is 8.37. The fourth-order valence-corrected chi connectivity index (χ4v) is 3.00. The van der Waals surface area contributed by atoms with Crippen LogP contribution in [-0.4, -0.2) is 32.8 Å². The number of carbonyl (C=O) groups is 1. The Kier molecular flexibility index (Phi) is 6.56. The molecule has 0 saturated heterocycles. The number of hydrogen-bond donors (Lipinski definition) is 2. The van der Waals surface area contributed by atoms with Crippen molar-refractivity contribution in [3.05, 3.63) is 23.8 Å². The molecule has 1 fully saturated rings. The second kappa shape index (κ2) is 8.65. The molecule has 2 rings (SSSR count). The maximum Gasteiger partial charge on any atom is 0.315 e. The second-order valence-corrected chi connectivity index (χ2v) is 6.30. The Hall–Kier alpha value is -1.91. The monoisotopic (exact) mass is 320 g/mol. The molecule has 0 bridgehead atoms. The zero-order valence-electron chi connectivity index (χ0n) is 14.4. The summed E-state index contributed by atoms with van der Waals surface area (Å²) in [5, 5.41) is 6.01. The lowest BCUT2D eigenvalue weighted by atomic mass is 9.87. The average molecular weight is 320 g/mol. The van der Waals surface area contributed by atoms with E-state index in [4.69, 9.17) is 9.47 Å². The van der Waals surface area contributed by atoms with Gasteiger partial charge in [0, 0.05) is 12.6 Å². The van der Waals surface area contributed by atoms with Crippen molar-refractivity contribution < 1.29 is 14.3 Å². The first-order valence-electron chi connectivity index (χ1n) is 8.37. The van der Waals surface area contributed by atoms with E-state index in [9.17, 15) is 4.79 Å². The second-order valence-electron chi connectivity index (χ2n) is 6.30. The lowest BCUT2D eigenvalue weighted by molar-refractivity contribution is 0.228. The van der Waals surface area contributed by atoms with Crippen LogP contribution in [0.1, 0.15) is 38.2 Å². The largest absolute Gasteiger partial charge is 0.493 e. The molecule has 2 N–H and O–H groups in total. The fourth-order valence-electron chi connectivity index (χ4n) is 3.00. The third-order valence-corrected chi connectivity index (χ3v) is 4.50. The van der Waals surface area contributed by atoms with Gasteiger partial charge in [0.15, 0.2) is 11.5 Å². The van der Waals surface area contributed by atoms with Crippen LogP contribution in [-0.2, 0) is 6.42 Å². The van der Waals surface area contributed by atoms with Crippen molar-refractivity contribution in [1.82, 2.24) is 10.6 Å². The molecule has 0 heterocycles. The van der Waals surface area contributed by atoms with Gasteiger partial charge in [0.05, 0.1) is 14.2 Å². The molecular weight excluding hydrogens is 292 g/mol. The first-order chi connectivity index (χ1) is 11.1. The van der Waals surface area contributed by atoms with E-state index in [1.165, 1.54) is 12.8 Å². The molecule has 1 aliphatic carbocycles. The highest BCUT2D eigenvalue weighted by Gasteiger charge is 2.19. The summed E-state index contributed by atoms with van der Waals surface area (Å²) in [6.45, 7) is 2.88. The minimum absolute atomic E-state index is 0.0648. The number of hydrogen-bond acceptors (Lipinski definition) is 3. The van der Waals surface area contributed by atoms with Crippen LogP contribution in [0.2, 0.25) is 0 Å². The van der Waals surface area contributed by atoms with E-state index in [-0.39, 0.29) is 6.03 Å². The maximum atomic E-state index is 11.9. The molecule has 0 unspecified atom stereocenters. The van der Waals surface area contributed by atoms with Crippen LogP contribution in [0.15, 0.2) is 18.2 Å². The molecule has 2 amide bonds. The summed E-state index contributed by atoms with van der Waals surface area (Å²) >= 11 is 0. The molecule has 23 heavy (non-hydrogen) atoms. The summed E-state index contributed by atoms with van der Waals surface area (Å²) in [4.78, 5) is 11.9. The molecule has 0 aliphatic heterocycles. The van der Waals surface area contributed by atoms with Gasteiger partial charge in [0.1, 0.15) is 0 Å². The minimum atomic E-state index is -0.0648. The zero-order chi connectivity index (χ0) is 16.7. The fraction of sp³-hybridized carbons (Fsp3) is 0.611. The predicted molar refractivity (Wildman–Crippen MR) is 91.2 cm³/mol. The quantitative estimate of drug-likeness (QED) is 0.846. The predicted octanol–water partition coefficient (Wildman–Crippen LogP) is 3.12. The summed E-state index contributed by atoms with van der Waals surface area (Å²) in [5.41, 5.74) is 1.11. The number of urea groups is 1. The number of benzene rings is 1. The molecule has 0 atom stereocenters. The normalized spacial score (nSPS) is 20.7. The van der Waals surface area contributed by atoms with Gasteiger partial charge in [-0.15, -0.1) is 0 Å². The van der Waals surface area contributed by atoms with Crippen LogP contribution in [0.3, 0.4) is 0 Å². The van der Waals surface area contributed by atoms with Crippen LogP contribution in [0.5, 0.6) is 11.5 Å². The average Bonchev–Trinajstić information content (AvgIpc) is 2.56. The molecule has 5 nitrogen and oxygen atoms in total. The Bertz CT molecular complexity index is 511. The standard InChI is InChI=1S/C18H28N2O3/c1-13-4-7-15(8-5-13)20-18(21)19-11-10-14-6-9-16(22-2)17(12-14)23-3/h6,9,12-13,15H,4-5,7-8,10-11H2,1-3H3,(H2,19,20,21). The van der Waals surface area contributed by atoms with Gasteiger partial charge in [0.2, 0.25) is 0 Å². The third-order valence-electron chi connectivity index (χ3n) is 4.50. The van der Waals surface area contributed by atoms with Crippen molar-refractivity contribution in [2.75, 3.05) is 20.8 Å². The molecule has 1 aliphatic rings. The van der Waals surface area contributed by atoms with Crippen molar-refractivity contribution >= 4 is 6.03 Å². The molecule has 1 saturated carbocycles. The highest BCUT2D eigenvalue weighted by molar-refractivity contribution is 5.74. The number of ether oxygens (including phenoxy) is 2. The van der Waals surface area contributed by atoms with E-state index >= 15 is 0 Å². The Morgan fingerprint density at radius 1 is 1.13 bits per heavy atom. The van der Waals surface area contributed by atoms with Crippen molar-refractivity contribution in [3.8, 4) is 11.5 Å². The molecular formula is C18H28N2O3. The summed E-state index contributed by atoms with van der Waals surface area (Å²) in [7, 11) is 3.24. The van der Waals surface area contributed by atoms with E-state index in [1.54, 1.807) is 14.2 Å². The zero-order valence-corrected chi connectivity index (χ0v) is 14.4. The number of amides is 2.